The van der Waals surface area contributed by atoms with Gasteiger partial charge in [0.2, 0.25) is 0 Å². The number of hydrogen-bond donors (Lipinski definition) is 2. The highest BCUT2D eigenvalue weighted by Gasteiger charge is 2.06. The molecule has 2 N–H and O–H groups in total. The zero-order chi connectivity index (χ0) is 14.5. The lowest BCUT2D eigenvalue weighted by molar-refractivity contribution is -0.384. The molecule has 0 heterocycles. The number of halogens is 1. The van der Waals surface area contributed by atoms with Crippen LogP contribution in [0.2, 0.25) is 0 Å². The van der Waals surface area contributed by atoms with Crippen molar-refractivity contribution in [2.24, 2.45) is 0 Å². The molecule has 0 radical (unpaired) electrons. The molecular weight excluding hydrogens is 373 g/mol. The molecule has 2 aromatic carbocycles. The molecule has 0 atom stereocenters. The summed E-state index contributed by atoms with van der Waals surface area (Å²) in [5.41, 5.74) is 1.14. The maximum Gasteiger partial charge on any atom is 0.323 e. The number of nitro groups is 1. The zero-order valence-corrected chi connectivity index (χ0v) is 12.3. The van der Waals surface area contributed by atoms with Gasteiger partial charge in [0, 0.05) is 27.1 Å². The van der Waals surface area contributed by atoms with Gasteiger partial charge in [-0.05, 0) is 59.0 Å². The first-order chi connectivity index (χ1) is 9.54. The van der Waals surface area contributed by atoms with Gasteiger partial charge in [-0.1, -0.05) is 0 Å². The second-order valence-corrected chi connectivity index (χ2v) is 5.14. The van der Waals surface area contributed by atoms with E-state index < -0.39 is 11.0 Å². The topological polar surface area (TPSA) is 84.3 Å². The van der Waals surface area contributed by atoms with Gasteiger partial charge in [0.05, 0.1) is 4.92 Å². The van der Waals surface area contributed by atoms with Crippen LogP contribution in [-0.2, 0) is 0 Å². The molecule has 0 fully saturated rings. The molecule has 0 saturated carbocycles. The maximum absolute atomic E-state index is 11.7. The molecule has 7 heteroatoms. The van der Waals surface area contributed by atoms with E-state index >= 15 is 0 Å². The maximum atomic E-state index is 11.7. The fraction of sp³-hybridized carbons (Fsp3) is 0. The Bertz CT molecular complexity index is 626. The minimum Gasteiger partial charge on any atom is -0.308 e. The van der Waals surface area contributed by atoms with Crippen LogP contribution in [0.3, 0.4) is 0 Å². The van der Waals surface area contributed by atoms with Gasteiger partial charge in [-0.25, -0.2) is 4.79 Å². The Morgan fingerprint density at radius 1 is 0.950 bits per heavy atom. The number of benzene rings is 2. The average Bonchev–Trinajstić information content (AvgIpc) is 2.42. The first-order valence-corrected chi connectivity index (χ1v) is 6.70. The number of hydrogen-bond acceptors (Lipinski definition) is 3. The molecule has 0 aliphatic carbocycles. The zero-order valence-electron chi connectivity index (χ0n) is 10.2. The minimum atomic E-state index is -0.491. The number of non-ortho nitro benzene ring substituents is 1. The summed E-state index contributed by atoms with van der Waals surface area (Å²) in [6.07, 6.45) is 0. The Balaban J connectivity index is 1.97. The SMILES string of the molecule is O=C(Nc1ccc(I)cc1)Nc1ccc([N+](=O)[O-])cc1. The van der Waals surface area contributed by atoms with Crippen molar-refractivity contribution in [3.63, 3.8) is 0 Å². The van der Waals surface area contributed by atoms with Crippen LogP contribution in [-0.4, -0.2) is 11.0 Å². The van der Waals surface area contributed by atoms with E-state index in [4.69, 9.17) is 0 Å². The second kappa shape index (κ2) is 6.33. The molecule has 0 aromatic heterocycles. The van der Waals surface area contributed by atoms with E-state index in [1.807, 2.05) is 12.1 Å². The molecule has 0 unspecified atom stereocenters. The number of carbonyl (C=O) groups is 1. The Hall–Kier alpha value is -2.16. The van der Waals surface area contributed by atoms with Crippen molar-refractivity contribution >= 4 is 45.7 Å². The molecule has 2 amide bonds. The monoisotopic (exact) mass is 383 g/mol. The van der Waals surface area contributed by atoms with Crippen LogP contribution in [0, 0.1) is 13.7 Å². The summed E-state index contributed by atoms with van der Waals surface area (Å²) < 4.78 is 1.07. The summed E-state index contributed by atoms with van der Waals surface area (Å²) in [4.78, 5) is 21.7. The highest BCUT2D eigenvalue weighted by Crippen LogP contribution is 2.16. The smallest absolute Gasteiger partial charge is 0.308 e. The Morgan fingerprint density at radius 3 is 1.85 bits per heavy atom. The van der Waals surface area contributed by atoms with Gasteiger partial charge in [0.25, 0.3) is 5.69 Å². The lowest BCUT2D eigenvalue weighted by Crippen LogP contribution is -2.19. The van der Waals surface area contributed by atoms with Crippen LogP contribution in [0.15, 0.2) is 48.5 Å². The molecule has 2 aromatic rings. The van der Waals surface area contributed by atoms with Crippen LogP contribution in [0.1, 0.15) is 0 Å². The molecular formula is C13H10IN3O3. The molecule has 20 heavy (non-hydrogen) atoms. The van der Waals surface area contributed by atoms with Crippen LogP contribution in [0.4, 0.5) is 21.9 Å². The number of rotatable bonds is 3. The first-order valence-electron chi connectivity index (χ1n) is 5.62. The standard InChI is InChI=1S/C13H10IN3O3/c14-9-1-3-10(4-2-9)15-13(18)16-11-5-7-12(8-6-11)17(19)20/h1-8H,(H2,15,16,18). The summed E-state index contributed by atoms with van der Waals surface area (Å²) in [6, 6.07) is 12.6. The average molecular weight is 383 g/mol. The van der Waals surface area contributed by atoms with Crippen molar-refractivity contribution in [3.8, 4) is 0 Å². The van der Waals surface area contributed by atoms with Crippen molar-refractivity contribution in [1.29, 1.82) is 0 Å². The van der Waals surface area contributed by atoms with Gasteiger partial charge in [0.15, 0.2) is 0 Å². The fourth-order valence-electron chi connectivity index (χ4n) is 1.49. The normalized spacial score (nSPS) is 9.85. The van der Waals surface area contributed by atoms with Crippen LogP contribution in [0.5, 0.6) is 0 Å². The highest BCUT2D eigenvalue weighted by molar-refractivity contribution is 14.1. The van der Waals surface area contributed by atoms with Gasteiger partial charge >= 0.3 is 6.03 Å². The summed E-state index contributed by atoms with van der Waals surface area (Å²) in [6.45, 7) is 0. The number of urea groups is 1. The Labute approximate surface area is 128 Å². The Kier molecular flexibility index (Phi) is 4.51. The molecule has 0 saturated heterocycles. The van der Waals surface area contributed by atoms with E-state index in [-0.39, 0.29) is 5.69 Å². The molecule has 102 valence electrons. The third-order valence-electron chi connectivity index (χ3n) is 2.44. The van der Waals surface area contributed by atoms with E-state index in [0.717, 1.165) is 3.57 Å². The third kappa shape index (κ3) is 3.92. The van der Waals surface area contributed by atoms with Gasteiger partial charge in [-0.2, -0.15) is 0 Å². The number of amides is 2. The minimum absolute atomic E-state index is 0.0198. The quantitative estimate of drug-likeness (QED) is 0.480. The van der Waals surface area contributed by atoms with E-state index in [0.29, 0.717) is 11.4 Å². The molecule has 0 aliphatic rings. The number of nitro benzene ring substituents is 1. The van der Waals surface area contributed by atoms with Gasteiger partial charge in [-0.3, -0.25) is 10.1 Å². The van der Waals surface area contributed by atoms with Crippen molar-refractivity contribution in [2.45, 2.75) is 0 Å². The predicted octanol–water partition coefficient (Wildman–Crippen LogP) is 3.84. The summed E-state index contributed by atoms with van der Waals surface area (Å²) >= 11 is 2.17. The summed E-state index contributed by atoms with van der Waals surface area (Å²) in [7, 11) is 0. The van der Waals surface area contributed by atoms with Crippen molar-refractivity contribution in [2.75, 3.05) is 10.6 Å². The number of nitrogens with one attached hydrogen (secondary N) is 2. The Morgan fingerprint density at radius 2 is 1.40 bits per heavy atom. The van der Waals surface area contributed by atoms with Crippen LogP contribution in [0.25, 0.3) is 0 Å². The fourth-order valence-corrected chi connectivity index (χ4v) is 1.85. The van der Waals surface area contributed by atoms with Crippen LogP contribution < -0.4 is 10.6 Å². The highest BCUT2D eigenvalue weighted by atomic mass is 127. The van der Waals surface area contributed by atoms with E-state index in [1.54, 1.807) is 12.1 Å². The second-order valence-electron chi connectivity index (χ2n) is 3.89. The number of nitrogens with zero attached hydrogens (tertiary/aromatic N) is 1. The van der Waals surface area contributed by atoms with Crippen molar-refractivity contribution in [3.05, 3.63) is 62.2 Å². The van der Waals surface area contributed by atoms with E-state index in [2.05, 4.69) is 33.2 Å². The van der Waals surface area contributed by atoms with Crippen LogP contribution >= 0.6 is 22.6 Å². The van der Waals surface area contributed by atoms with Gasteiger partial charge < -0.3 is 10.6 Å². The molecule has 6 nitrogen and oxygen atoms in total. The van der Waals surface area contributed by atoms with E-state index in [9.17, 15) is 14.9 Å². The lowest BCUT2D eigenvalue weighted by Gasteiger charge is -2.07. The largest absolute Gasteiger partial charge is 0.323 e. The predicted molar refractivity (Wildman–Crippen MR) is 84.9 cm³/mol. The third-order valence-corrected chi connectivity index (χ3v) is 3.16. The summed E-state index contributed by atoms with van der Waals surface area (Å²) in [5.74, 6) is 0. The van der Waals surface area contributed by atoms with E-state index in [1.165, 1.54) is 24.3 Å². The molecule has 0 bridgehead atoms. The van der Waals surface area contributed by atoms with Crippen molar-refractivity contribution < 1.29 is 9.72 Å². The number of anilines is 2. The van der Waals surface area contributed by atoms with Gasteiger partial charge in [0.1, 0.15) is 0 Å². The number of carbonyl (C=O) groups excluding carboxylic acids is 1. The summed E-state index contributed by atoms with van der Waals surface area (Å²) in [5, 5.41) is 15.8. The first kappa shape index (κ1) is 14.3. The molecule has 0 spiro atoms. The van der Waals surface area contributed by atoms with Gasteiger partial charge in [-0.15, -0.1) is 0 Å². The molecule has 2 rings (SSSR count). The van der Waals surface area contributed by atoms with Crippen molar-refractivity contribution in [1.82, 2.24) is 0 Å². The molecule has 0 aliphatic heterocycles. The lowest BCUT2D eigenvalue weighted by atomic mass is 10.3.